The molecule has 0 bridgehead atoms. The van der Waals surface area contributed by atoms with Crippen LogP contribution in [-0.4, -0.2) is 5.12 Å². The highest BCUT2D eigenvalue weighted by atomic mass is 32.2. The summed E-state index contributed by atoms with van der Waals surface area (Å²) in [4.78, 5) is 12.5. The van der Waals surface area contributed by atoms with Crippen LogP contribution in [0.25, 0.3) is 0 Å². The standard InChI is InChI=1S/C12H14OS/c1-3-7-10(2)12(13)14-11-8-5-4-6-9-11/h4-6,8-9H,2-3,7H2,1H3. The number of carbonyl (C=O) groups is 1. The van der Waals surface area contributed by atoms with Gasteiger partial charge in [-0.2, -0.15) is 0 Å². The minimum Gasteiger partial charge on any atom is -0.282 e. The zero-order chi connectivity index (χ0) is 10.4. The molecule has 0 amide bonds. The molecule has 1 aromatic rings. The molecule has 0 radical (unpaired) electrons. The highest BCUT2D eigenvalue weighted by Gasteiger charge is 2.07. The van der Waals surface area contributed by atoms with Crippen molar-refractivity contribution in [2.75, 3.05) is 0 Å². The molecule has 0 unspecified atom stereocenters. The van der Waals surface area contributed by atoms with Crippen LogP contribution in [0.3, 0.4) is 0 Å². The molecule has 0 fully saturated rings. The first-order valence-corrected chi connectivity index (χ1v) is 5.50. The Labute approximate surface area is 89.2 Å². The molecule has 0 atom stereocenters. The number of benzene rings is 1. The van der Waals surface area contributed by atoms with Gasteiger partial charge in [-0.1, -0.05) is 38.1 Å². The molecule has 1 nitrogen and oxygen atoms in total. The maximum atomic E-state index is 11.6. The van der Waals surface area contributed by atoms with E-state index in [-0.39, 0.29) is 5.12 Å². The van der Waals surface area contributed by atoms with Crippen LogP contribution in [0.4, 0.5) is 0 Å². The molecule has 74 valence electrons. The lowest BCUT2D eigenvalue weighted by Crippen LogP contribution is -1.94. The van der Waals surface area contributed by atoms with Gasteiger partial charge in [-0.25, -0.2) is 0 Å². The van der Waals surface area contributed by atoms with Gasteiger partial charge in [-0.05, 0) is 35.9 Å². The number of hydrogen-bond donors (Lipinski definition) is 0. The van der Waals surface area contributed by atoms with E-state index in [9.17, 15) is 4.79 Å². The summed E-state index contributed by atoms with van der Waals surface area (Å²) in [7, 11) is 0. The molecule has 0 heterocycles. The summed E-state index contributed by atoms with van der Waals surface area (Å²) in [6.07, 6.45) is 1.76. The van der Waals surface area contributed by atoms with Crippen LogP contribution >= 0.6 is 11.8 Å². The van der Waals surface area contributed by atoms with Crippen molar-refractivity contribution < 1.29 is 4.79 Å². The molecule has 0 aliphatic rings. The van der Waals surface area contributed by atoms with Crippen molar-refractivity contribution in [1.82, 2.24) is 0 Å². The molecule has 0 N–H and O–H groups in total. The normalized spacial score (nSPS) is 9.79. The second-order valence-electron chi connectivity index (χ2n) is 3.06. The monoisotopic (exact) mass is 206 g/mol. The lowest BCUT2D eigenvalue weighted by atomic mass is 10.2. The van der Waals surface area contributed by atoms with Crippen LogP contribution in [0, 0.1) is 0 Å². The first kappa shape index (κ1) is 11.1. The first-order valence-electron chi connectivity index (χ1n) is 4.69. The van der Waals surface area contributed by atoms with Crippen molar-refractivity contribution in [3.8, 4) is 0 Å². The van der Waals surface area contributed by atoms with E-state index in [4.69, 9.17) is 0 Å². The molecule has 0 spiro atoms. The van der Waals surface area contributed by atoms with Gasteiger partial charge in [0.1, 0.15) is 0 Å². The average Bonchev–Trinajstić information content (AvgIpc) is 2.19. The molecule has 0 saturated carbocycles. The molecule has 0 aromatic heterocycles. The topological polar surface area (TPSA) is 17.1 Å². The van der Waals surface area contributed by atoms with Crippen LogP contribution in [0.2, 0.25) is 0 Å². The molecule has 2 heteroatoms. The molecule has 14 heavy (non-hydrogen) atoms. The minimum absolute atomic E-state index is 0.0815. The van der Waals surface area contributed by atoms with Crippen LogP contribution < -0.4 is 0 Å². The lowest BCUT2D eigenvalue weighted by molar-refractivity contribution is -0.108. The Morgan fingerprint density at radius 2 is 2.00 bits per heavy atom. The van der Waals surface area contributed by atoms with E-state index in [1.54, 1.807) is 0 Å². The molecule has 0 aliphatic carbocycles. The van der Waals surface area contributed by atoms with Crippen LogP contribution in [-0.2, 0) is 4.79 Å². The molecule has 0 aliphatic heterocycles. The number of carbonyl (C=O) groups excluding carboxylic acids is 1. The SMILES string of the molecule is C=C(CCC)C(=O)Sc1ccccc1. The van der Waals surface area contributed by atoms with Crippen molar-refractivity contribution in [2.24, 2.45) is 0 Å². The van der Waals surface area contributed by atoms with E-state index in [2.05, 4.69) is 6.58 Å². The summed E-state index contributed by atoms with van der Waals surface area (Å²) in [5.74, 6) is 0. The van der Waals surface area contributed by atoms with Crippen LogP contribution in [0.15, 0.2) is 47.4 Å². The Morgan fingerprint density at radius 3 is 2.57 bits per heavy atom. The van der Waals surface area contributed by atoms with Gasteiger partial charge >= 0.3 is 0 Å². The van der Waals surface area contributed by atoms with Gasteiger partial charge in [0, 0.05) is 4.90 Å². The summed E-state index contributed by atoms with van der Waals surface area (Å²) in [6.45, 7) is 5.82. The third-order valence-electron chi connectivity index (χ3n) is 1.79. The van der Waals surface area contributed by atoms with E-state index in [0.717, 1.165) is 17.7 Å². The Kier molecular flexibility index (Phi) is 4.47. The van der Waals surface area contributed by atoms with Crippen molar-refractivity contribution in [2.45, 2.75) is 24.7 Å². The zero-order valence-electron chi connectivity index (χ0n) is 8.32. The molecule has 1 aromatic carbocycles. The summed E-state index contributed by atoms with van der Waals surface area (Å²) in [5, 5.41) is 0.0815. The Balaban J connectivity index is 2.53. The molecule has 1 rings (SSSR count). The van der Waals surface area contributed by atoms with E-state index in [0.29, 0.717) is 5.57 Å². The van der Waals surface area contributed by atoms with Crippen molar-refractivity contribution >= 4 is 16.9 Å². The Bertz CT molecular complexity index is 316. The first-order chi connectivity index (χ1) is 6.74. The maximum absolute atomic E-state index is 11.6. The quantitative estimate of drug-likeness (QED) is 0.552. The van der Waals surface area contributed by atoms with Gasteiger partial charge in [0.25, 0.3) is 0 Å². The fraction of sp³-hybridized carbons (Fsp3) is 0.250. The predicted molar refractivity (Wildman–Crippen MR) is 61.4 cm³/mol. The van der Waals surface area contributed by atoms with E-state index in [1.165, 1.54) is 11.8 Å². The Hall–Kier alpha value is -1.02. The smallest absolute Gasteiger partial charge is 0.219 e. The summed E-state index contributed by atoms with van der Waals surface area (Å²) >= 11 is 1.25. The fourth-order valence-electron chi connectivity index (χ4n) is 1.07. The van der Waals surface area contributed by atoms with Crippen molar-refractivity contribution in [3.63, 3.8) is 0 Å². The second kappa shape index (κ2) is 5.66. The van der Waals surface area contributed by atoms with Crippen molar-refractivity contribution in [1.29, 1.82) is 0 Å². The number of rotatable bonds is 4. The third kappa shape index (κ3) is 3.38. The predicted octanol–water partition coefficient (Wildman–Crippen LogP) is 3.66. The third-order valence-corrected chi connectivity index (χ3v) is 2.78. The second-order valence-corrected chi connectivity index (χ2v) is 4.10. The van der Waals surface area contributed by atoms with Gasteiger partial charge in [-0.15, -0.1) is 0 Å². The molecular formula is C12H14OS. The lowest BCUT2D eigenvalue weighted by Gasteiger charge is -2.02. The van der Waals surface area contributed by atoms with Crippen LogP contribution in [0.1, 0.15) is 19.8 Å². The summed E-state index contributed by atoms with van der Waals surface area (Å²) < 4.78 is 0. The average molecular weight is 206 g/mol. The van der Waals surface area contributed by atoms with Gasteiger partial charge in [-0.3, -0.25) is 4.79 Å². The van der Waals surface area contributed by atoms with Gasteiger partial charge in [0.2, 0.25) is 5.12 Å². The highest BCUT2D eigenvalue weighted by Crippen LogP contribution is 2.22. The largest absolute Gasteiger partial charge is 0.282 e. The Morgan fingerprint density at radius 1 is 1.36 bits per heavy atom. The van der Waals surface area contributed by atoms with Gasteiger partial charge in [0.15, 0.2) is 0 Å². The molecular weight excluding hydrogens is 192 g/mol. The zero-order valence-corrected chi connectivity index (χ0v) is 9.14. The van der Waals surface area contributed by atoms with E-state index < -0.39 is 0 Å². The molecule has 0 saturated heterocycles. The summed E-state index contributed by atoms with van der Waals surface area (Å²) in [6, 6.07) is 9.66. The van der Waals surface area contributed by atoms with Crippen molar-refractivity contribution in [3.05, 3.63) is 42.5 Å². The minimum atomic E-state index is 0.0815. The number of thioether (sulfide) groups is 1. The maximum Gasteiger partial charge on any atom is 0.219 e. The van der Waals surface area contributed by atoms with Crippen LogP contribution in [0.5, 0.6) is 0 Å². The van der Waals surface area contributed by atoms with Gasteiger partial charge in [0.05, 0.1) is 0 Å². The van der Waals surface area contributed by atoms with E-state index in [1.807, 2.05) is 37.3 Å². The number of hydrogen-bond acceptors (Lipinski definition) is 2. The van der Waals surface area contributed by atoms with Gasteiger partial charge < -0.3 is 0 Å². The van der Waals surface area contributed by atoms with E-state index >= 15 is 0 Å². The fourth-order valence-corrected chi connectivity index (χ4v) is 1.83. The summed E-state index contributed by atoms with van der Waals surface area (Å²) in [5.41, 5.74) is 0.710. The highest BCUT2D eigenvalue weighted by molar-refractivity contribution is 8.14.